The third kappa shape index (κ3) is 3.18. The molecule has 0 aliphatic heterocycles. The van der Waals surface area contributed by atoms with Crippen molar-refractivity contribution in [3.8, 4) is 17.2 Å². The van der Waals surface area contributed by atoms with Gasteiger partial charge in [-0.25, -0.2) is 0 Å². The lowest BCUT2D eigenvalue weighted by Gasteiger charge is -2.20. The maximum absolute atomic E-state index is 5.47. The van der Waals surface area contributed by atoms with Gasteiger partial charge in [0.2, 0.25) is 0 Å². The summed E-state index contributed by atoms with van der Waals surface area (Å²) >= 11 is 0. The Balaban J connectivity index is 2.16. The van der Waals surface area contributed by atoms with Gasteiger partial charge in [-0.1, -0.05) is 13.3 Å². The van der Waals surface area contributed by atoms with E-state index in [1.165, 1.54) is 19.3 Å². The van der Waals surface area contributed by atoms with Gasteiger partial charge in [-0.3, -0.25) is 0 Å². The van der Waals surface area contributed by atoms with E-state index in [-0.39, 0.29) is 0 Å². The summed E-state index contributed by atoms with van der Waals surface area (Å²) in [6.45, 7) is 3.07. The molecule has 1 aromatic rings. The van der Waals surface area contributed by atoms with Gasteiger partial charge < -0.3 is 19.5 Å². The molecule has 2 atom stereocenters. The second kappa shape index (κ2) is 6.84. The molecular formula is C16H25NO3. The Morgan fingerprint density at radius 1 is 1.05 bits per heavy atom. The van der Waals surface area contributed by atoms with Gasteiger partial charge in [0.1, 0.15) is 17.2 Å². The smallest absolute Gasteiger partial charge is 0.130 e. The Morgan fingerprint density at radius 2 is 1.70 bits per heavy atom. The number of methoxy groups -OCH3 is 3. The zero-order chi connectivity index (χ0) is 14.5. The average molecular weight is 279 g/mol. The number of benzene rings is 1. The number of ether oxygens (including phenoxy) is 3. The Bertz CT molecular complexity index is 422. The van der Waals surface area contributed by atoms with Crippen LogP contribution in [-0.4, -0.2) is 27.4 Å². The van der Waals surface area contributed by atoms with E-state index in [9.17, 15) is 0 Å². The SMILES string of the molecule is COc1cc(OC)c(CNC2CCCC2C)c(OC)c1. The van der Waals surface area contributed by atoms with E-state index < -0.39 is 0 Å². The van der Waals surface area contributed by atoms with E-state index in [0.717, 1.165) is 35.3 Å². The lowest BCUT2D eigenvalue weighted by atomic mass is 10.1. The molecule has 20 heavy (non-hydrogen) atoms. The van der Waals surface area contributed by atoms with Crippen molar-refractivity contribution in [2.75, 3.05) is 21.3 Å². The zero-order valence-electron chi connectivity index (χ0n) is 12.9. The van der Waals surface area contributed by atoms with Crippen LogP contribution in [0.2, 0.25) is 0 Å². The van der Waals surface area contributed by atoms with Crippen molar-refractivity contribution in [3.05, 3.63) is 17.7 Å². The Kier molecular flexibility index (Phi) is 5.12. The third-order valence-electron chi connectivity index (χ3n) is 4.22. The molecule has 0 spiro atoms. The molecule has 1 aliphatic carbocycles. The van der Waals surface area contributed by atoms with Crippen molar-refractivity contribution in [1.29, 1.82) is 0 Å². The molecule has 0 heterocycles. The van der Waals surface area contributed by atoms with E-state index in [4.69, 9.17) is 14.2 Å². The maximum atomic E-state index is 5.47. The van der Waals surface area contributed by atoms with Crippen molar-refractivity contribution >= 4 is 0 Å². The molecule has 0 radical (unpaired) electrons. The Labute approximate surface area is 121 Å². The van der Waals surface area contributed by atoms with Crippen LogP contribution in [0.25, 0.3) is 0 Å². The summed E-state index contributed by atoms with van der Waals surface area (Å²) in [5, 5.41) is 3.63. The molecule has 0 saturated heterocycles. The highest BCUT2D eigenvalue weighted by molar-refractivity contribution is 5.50. The topological polar surface area (TPSA) is 39.7 Å². The number of rotatable bonds is 6. The molecular weight excluding hydrogens is 254 g/mol. The monoisotopic (exact) mass is 279 g/mol. The number of hydrogen-bond donors (Lipinski definition) is 1. The predicted octanol–water partition coefficient (Wildman–Crippen LogP) is 2.99. The lowest BCUT2D eigenvalue weighted by molar-refractivity contribution is 0.359. The van der Waals surface area contributed by atoms with Crippen LogP contribution in [0.15, 0.2) is 12.1 Å². The summed E-state index contributed by atoms with van der Waals surface area (Å²) < 4.78 is 16.2. The van der Waals surface area contributed by atoms with Gasteiger partial charge in [-0.05, 0) is 18.8 Å². The molecule has 4 nitrogen and oxygen atoms in total. The minimum atomic E-state index is 0.589. The van der Waals surface area contributed by atoms with E-state index in [1.807, 2.05) is 12.1 Å². The van der Waals surface area contributed by atoms with Gasteiger partial charge in [0, 0.05) is 24.7 Å². The summed E-state index contributed by atoms with van der Waals surface area (Å²) in [5.74, 6) is 3.10. The van der Waals surface area contributed by atoms with E-state index in [1.54, 1.807) is 21.3 Å². The van der Waals surface area contributed by atoms with Crippen LogP contribution in [0.5, 0.6) is 17.2 Å². The van der Waals surface area contributed by atoms with Gasteiger partial charge in [0.25, 0.3) is 0 Å². The first-order chi connectivity index (χ1) is 9.69. The van der Waals surface area contributed by atoms with E-state index in [0.29, 0.717) is 6.04 Å². The molecule has 0 amide bonds. The van der Waals surface area contributed by atoms with Crippen LogP contribution < -0.4 is 19.5 Å². The van der Waals surface area contributed by atoms with E-state index >= 15 is 0 Å². The standard InChI is InChI=1S/C16H25NO3/c1-11-6-5-7-14(11)17-10-13-15(19-3)8-12(18-2)9-16(13)20-4/h8-9,11,14,17H,5-7,10H2,1-4H3. The van der Waals surface area contributed by atoms with E-state index in [2.05, 4.69) is 12.2 Å². The molecule has 1 fully saturated rings. The fourth-order valence-corrected chi connectivity index (χ4v) is 2.93. The summed E-state index contributed by atoms with van der Waals surface area (Å²) in [4.78, 5) is 0. The minimum absolute atomic E-state index is 0.589. The summed E-state index contributed by atoms with van der Waals surface area (Å²) in [6, 6.07) is 4.39. The highest BCUT2D eigenvalue weighted by Gasteiger charge is 2.23. The molecule has 2 rings (SSSR count). The third-order valence-corrected chi connectivity index (χ3v) is 4.22. The average Bonchev–Trinajstić information content (AvgIpc) is 2.89. The molecule has 1 aromatic carbocycles. The first kappa shape index (κ1) is 15.0. The normalized spacial score (nSPS) is 21.8. The first-order valence-electron chi connectivity index (χ1n) is 7.21. The first-order valence-corrected chi connectivity index (χ1v) is 7.21. The van der Waals surface area contributed by atoms with Crippen LogP contribution in [0, 0.1) is 5.92 Å². The quantitative estimate of drug-likeness (QED) is 0.869. The van der Waals surface area contributed by atoms with Gasteiger partial charge in [-0.15, -0.1) is 0 Å². The van der Waals surface area contributed by atoms with Gasteiger partial charge >= 0.3 is 0 Å². The van der Waals surface area contributed by atoms with Crippen molar-refractivity contribution in [1.82, 2.24) is 5.32 Å². The van der Waals surface area contributed by atoms with Gasteiger partial charge in [0.15, 0.2) is 0 Å². The lowest BCUT2D eigenvalue weighted by Crippen LogP contribution is -2.30. The zero-order valence-corrected chi connectivity index (χ0v) is 12.9. The highest BCUT2D eigenvalue weighted by atomic mass is 16.5. The van der Waals surface area contributed by atoms with Crippen LogP contribution in [0.4, 0.5) is 0 Å². The summed E-state index contributed by atoms with van der Waals surface area (Å²) in [6.07, 6.45) is 3.88. The minimum Gasteiger partial charge on any atom is -0.496 e. The Morgan fingerprint density at radius 3 is 2.15 bits per heavy atom. The molecule has 1 N–H and O–H groups in total. The highest BCUT2D eigenvalue weighted by Crippen LogP contribution is 2.34. The molecule has 112 valence electrons. The largest absolute Gasteiger partial charge is 0.496 e. The molecule has 1 aliphatic rings. The summed E-state index contributed by atoms with van der Waals surface area (Å²) in [5.41, 5.74) is 1.05. The van der Waals surface area contributed by atoms with Crippen molar-refractivity contribution in [2.45, 2.75) is 38.8 Å². The van der Waals surface area contributed by atoms with Crippen LogP contribution in [0.3, 0.4) is 0 Å². The van der Waals surface area contributed by atoms with Crippen molar-refractivity contribution < 1.29 is 14.2 Å². The second-order valence-electron chi connectivity index (χ2n) is 5.41. The van der Waals surface area contributed by atoms with Crippen LogP contribution >= 0.6 is 0 Å². The van der Waals surface area contributed by atoms with Gasteiger partial charge in [-0.2, -0.15) is 0 Å². The molecule has 2 unspecified atom stereocenters. The molecule has 0 bridgehead atoms. The van der Waals surface area contributed by atoms with Crippen LogP contribution in [0.1, 0.15) is 31.7 Å². The maximum Gasteiger partial charge on any atom is 0.130 e. The predicted molar refractivity (Wildman–Crippen MR) is 79.7 cm³/mol. The fraction of sp³-hybridized carbons (Fsp3) is 0.625. The fourth-order valence-electron chi connectivity index (χ4n) is 2.93. The molecule has 1 saturated carbocycles. The molecule has 0 aromatic heterocycles. The second-order valence-corrected chi connectivity index (χ2v) is 5.41. The van der Waals surface area contributed by atoms with Crippen molar-refractivity contribution in [2.24, 2.45) is 5.92 Å². The van der Waals surface area contributed by atoms with Gasteiger partial charge in [0.05, 0.1) is 26.9 Å². The molecule has 4 heteroatoms. The van der Waals surface area contributed by atoms with Crippen molar-refractivity contribution in [3.63, 3.8) is 0 Å². The number of hydrogen-bond acceptors (Lipinski definition) is 4. The number of nitrogens with one attached hydrogen (secondary N) is 1. The Hall–Kier alpha value is -1.42. The van der Waals surface area contributed by atoms with Crippen LogP contribution in [-0.2, 0) is 6.54 Å². The summed E-state index contributed by atoms with van der Waals surface area (Å²) in [7, 11) is 5.00.